The van der Waals surface area contributed by atoms with Gasteiger partial charge in [0.05, 0.1) is 10.6 Å². The number of hydrazone groups is 1. The van der Waals surface area contributed by atoms with Crippen LogP contribution in [0.15, 0.2) is 34.3 Å². The first kappa shape index (κ1) is 14.2. The number of nitrogens with one attached hydrogen (secondary N) is 1. The van der Waals surface area contributed by atoms with E-state index in [9.17, 15) is 8.42 Å². The standard InChI is InChI=1S/C17H22N2O2S/c1-22(20,21)13-7-5-12(6-8-13)18-19-17-10-11-9-16(17)15-4-2-3-14(11)15/h5-8,11,14-16,18H,2-4,9-10H2,1H3/b19-17+. The summed E-state index contributed by atoms with van der Waals surface area (Å²) in [6.07, 6.45) is 7.93. The van der Waals surface area contributed by atoms with Crippen LogP contribution in [0.4, 0.5) is 5.69 Å². The molecule has 4 atom stereocenters. The predicted molar refractivity (Wildman–Crippen MR) is 87.7 cm³/mol. The number of nitrogens with zero attached hydrogens (tertiary/aromatic N) is 1. The van der Waals surface area contributed by atoms with Crippen molar-refractivity contribution in [2.24, 2.45) is 28.8 Å². The average Bonchev–Trinajstić information content (AvgIpc) is 3.17. The molecular weight excluding hydrogens is 296 g/mol. The second-order valence-corrected chi connectivity index (χ2v) is 9.09. The molecule has 0 saturated heterocycles. The number of anilines is 1. The fourth-order valence-electron chi connectivity index (χ4n) is 4.86. The van der Waals surface area contributed by atoms with Crippen molar-refractivity contribution < 1.29 is 8.42 Å². The number of benzene rings is 1. The van der Waals surface area contributed by atoms with Crippen LogP contribution in [0.3, 0.4) is 0 Å². The van der Waals surface area contributed by atoms with Crippen molar-refractivity contribution in [3.05, 3.63) is 24.3 Å². The summed E-state index contributed by atoms with van der Waals surface area (Å²) in [5, 5.41) is 4.65. The lowest BCUT2D eigenvalue weighted by Crippen LogP contribution is -2.25. The highest BCUT2D eigenvalue weighted by Crippen LogP contribution is 2.57. The van der Waals surface area contributed by atoms with Gasteiger partial charge < -0.3 is 0 Å². The summed E-state index contributed by atoms with van der Waals surface area (Å²) in [6, 6.07) is 6.83. The molecule has 1 aromatic rings. The molecule has 4 rings (SSSR count). The van der Waals surface area contributed by atoms with E-state index in [4.69, 9.17) is 0 Å². The number of rotatable bonds is 3. The molecule has 1 aromatic carbocycles. The number of sulfone groups is 1. The van der Waals surface area contributed by atoms with E-state index < -0.39 is 9.84 Å². The minimum atomic E-state index is -3.13. The van der Waals surface area contributed by atoms with Gasteiger partial charge in [0.2, 0.25) is 0 Å². The fourth-order valence-corrected chi connectivity index (χ4v) is 5.49. The topological polar surface area (TPSA) is 58.5 Å². The summed E-state index contributed by atoms with van der Waals surface area (Å²) >= 11 is 0. The lowest BCUT2D eigenvalue weighted by molar-refractivity contribution is 0.333. The molecule has 0 aromatic heterocycles. The molecule has 0 spiro atoms. The average molecular weight is 318 g/mol. The van der Waals surface area contributed by atoms with Gasteiger partial charge in [0, 0.05) is 17.9 Å². The molecule has 3 fully saturated rings. The second-order valence-electron chi connectivity index (χ2n) is 7.08. The molecule has 3 aliphatic rings. The van der Waals surface area contributed by atoms with Gasteiger partial charge in [-0.25, -0.2) is 8.42 Å². The molecule has 22 heavy (non-hydrogen) atoms. The molecule has 0 radical (unpaired) electrons. The van der Waals surface area contributed by atoms with Crippen molar-refractivity contribution in [1.29, 1.82) is 0 Å². The lowest BCUT2D eigenvalue weighted by Gasteiger charge is -2.25. The number of hydrogen-bond acceptors (Lipinski definition) is 4. The summed E-state index contributed by atoms with van der Waals surface area (Å²) in [7, 11) is -3.13. The number of hydrogen-bond donors (Lipinski definition) is 1. The summed E-state index contributed by atoms with van der Waals surface area (Å²) in [4.78, 5) is 0.347. The molecule has 2 bridgehead atoms. The first-order valence-electron chi connectivity index (χ1n) is 8.15. The van der Waals surface area contributed by atoms with E-state index in [2.05, 4.69) is 10.5 Å². The van der Waals surface area contributed by atoms with Crippen molar-refractivity contribution in [3.63, 3.8) is 0 Å². The maximum absolute atomic E-state index is 11.5. The molecule has 1 N–H and O–H groups in total. The van der Waals surface area contributed by atoms with Gasteiger partial charge in [-0.15, -0.1) is 0 Å². The van der Waals surface area contributed by atoms with E-state index >= 15 is 0 Å². The van der Waals surface area contributed by atoms with Crippen molar-refractivity contribution in [2.45, 2.75) is 37.0 Å². The molecule has 118 valence electrons. The van der Waals surface area contributed by atoms with E-state index in [-0.39, 0.29) is 0 Å². The molecule has 0 amide bonds. The van der Waals surface area contributed by atoms with E-state index in [1.165, 1.54) is 37.7 Å². The number of fused-ring (bicyclic) bond motifs is 5. The third kappa shape index (κ3) is 2.35. The molecule has 0 heterocycles. The maximum Gasteiger partial charge on any atom is 0.175 e. The van der Waals surface area contributed by atoms with Crippen LogP contribution in [0, 0.1) is 23.7 Å². The van der Waals surface area contributed by atoms with Crippen molar-refractivity contribution >= 4 is 21.2 Å². The third-order valence-electron chi connectivity index (χ3n) is 5.81. The lowest BCUT2D eigenvalue weighted by atomic mass is 9.81. The Morgan fingerprint density at radius 3 is 2.59 bits per heavy atom. The highest BCUT2D eigenvalue weighted by Gasteiger charge is 2.52. The molecule has 3 aliphatic carbocycles. The van der Waals surface area contributed by atoms with Crippen LogP contribution in [0.1, 0.15) is 32.1 Å². The van der Waals surface area contributed by atoms with E-state index in [0.29, 0.717) is 10.8 Å². The highest BCUT2D eigenvalue weighted by molar-refractivity contribution is 7.90. The Bertz CT molecular complexity index is 709. The molecule has 3 saturated carbocycles. The zero-order chi connectivity index (χ0) is 15.3. The Balaban J connectivity index is 1.47. The molecular formula is C17H22N2O2S. The van der Waals surface area contributed by atoms with Crippen LogP contribution in [-0.4, -0.2) is 20.4 Å². The van der Waals surface area contributed by atoms with E-state index in [0.717, 1.165) is 29.9 Å². The largest absolute Gasteiger partial charge is 0.279 e. The summed E-state index contributed by atoms with van der Waals surface area (Å²) in [5.74, 6) is 3.41. The minimum Gasteiger partial charge on any atom is -0.279 e. The van der Waals surface area contributed by atoms with Crippen LogP contribution in [-0.2, 0) is 9.84 Å². The van der Waals surface area contributed by atoms with Gasteiger partial charge in [-0.3, -0.25) is 5.43 Å². The quantitative estimate of drug-likeness (QED) is 0.870. The highest BCUT2D eigenvalue weighted by atomic mass is 32.2. The zero-order valence-electron chi connectivity index (χ0n) is 12.8. The maximum atomic E-state index is 11.5. The van der Waals surface area contributed by atoms with Crippen LogP contribution < -0.4 is 5.43 Å². The Morgan fingerprint density at radius 1 is 1.14 bits per heavy atom. The van der Waals surface area contributed by atoms with Crippen molar-refractivity contribution in [2.75, 3.05) is 11.7 Å². The monoisotopic (exact) mass is 318 g/mol. The molecule has 4 unspecified atom stereocenters. The van der Waals surface area contributed by atoms with Gasteiger partial charge >= 0.3 is 0 Å². The summed E-state index contributed by atoms with van der Waals surface area (Å²) < 4.78 is 22.9. The van der Waals surface area contributed by atoms with Crippen LogP contribution in [0.25, 0.3) is 0 Å². The summed E-state index contributed by atoms with van der Waals surface area (Å²) in [5.41, 5.74) is 5.31. The summed E-state index contributed by atoms with van der Waals surface area (Å²) in [6.45, 7) is 0. The van der Waals surface area contributed by atoms with E-state index in [1.807, 2.05) is 0 Å². The first-order chi connectivity index (χ1) is 10.5. The Morgan fingerprint density at radius 2 is 1.86 bits per heavy atom. The minimum absolute atomic E-state index is 0.347. The van der Waals surface area contributed by atoms with Gasteiger partial charge in [-0.1, -0.05) is 6.42 Å². The third-order valence-corrected chi connectivity index (χ3v) is 6.94. The van der Waals surface area contributed by atoms with Crippen LogP contribution in [0.5, 0.6) is 0 Å². The van der Waals surface area contributed by atoms with Gasteiger partial charge in [0.1, 0.15) is 0 Å². The SMILES string of the molecule is CS(=O)(=O)c1ccc(N/N=C2\CC3CC2C2CCCC32)cc1. The molecule has 0 aliphatic heterocycles. The Kier molecular flexibility index (Phi) is 3.29. The van der Waals surface area contributed by atoms with Crippen molar-refractivity contribution in [1.82, 2.24) is 0 Å². The molecule has 4 nitrogen and oxygen atoms in total. The van der Waals surface area contributed by atoms with Gasteiger partial charge in [-0.05, 0) is 67.7 Å². The Hall–Kier alpha value is -1.36. The normalized spacial score (nSPS) is 35.0. The molecule has 5 heteroatoms. The van der Waals surface area contributed by atoms with Gasteiger partial charge in [0.15, 0.2) is 9.84 Å². The van der Waals surface area contributed by atoms with Crippen molar-refractivity contribution in [3.8, 4) is 0 Å². The second kappa shape index (κ2) is 5.08. The smallest absolute Gasteiger partial charge is 0.175 e. The van der Waals surface area contributed by atoms with E-state index in [1.54, 1.807) is 24.3 Å². The van der Waals surface area contributed by atoms with Crippen LogP contribution >= 0.6 is 0 Å². The van der Waals surface area contributed by atoms with Gasteiger partial charge in [-0.2, -0.15) is 5.10 Å². The predicted octanol–water partition coefficient (Wildman–Crippen LogP) is 3.31. The van der Waals surface area contributed by atoms with Crippen LogP contribution in [0.2, 0.25) is 0 Å². The van der Waals surface area contributed by atoms with Gasteiger partial charge in [0.25, 0.3) is 0 Å². The Labute approximate surface area is 131 Å². The first-order valence-corrected chi connectivity index (χ1v) is 10.0. The zero-order valence-corrected chi connectivity index (χ0v) is 13.6. The fraction of sp³-hybridized carbons (Fsp3) is 0.588.